The van der Waals surface area contributed by atoms with Gasteiger partial charge in [0.1, 0.15) is 0 Å². The Balaban J connectivity index is 3.64. The van der Waals surface area contributed by atoms with Crippen LogP contribution < -0.4 is 0 Å². The molecule has 0 amide bonds. The van der Waals surface area contributed by atoms with Crippen molar-refractivity contribution in [3.8, 4) is 0 Å². The van der Waals surface area contributed by atoms with Gasteiger partial charge in [-0.3, -0.25) is 0 Å². The molecule has 8 heavy (non-hydrogen) atoms. The fourth-order valence-electron chi connectivity index (χ4n) is 0.167. The van der Waals surface area contributed by atoms with E-state index in [1.54, 1.807) is 0 Å². The van der Waals surface area contributed by atoms with Crippen LogP contribution in [0.4, 0.5) is 0 Å². The van der Waals surface area contributed by atoms with Crippen LogP contribution in [-0.2, 0) is 19.1 Å². The maximum absolute atomic E-state index is 10.0. The van der Waals surface area contributed by atoms with Crippen molar-refractivity contribution in [2.24, 2.45) is 0 Å². The van der Waals surface area contributed by atoms with Gasteiger partial charge in [0, 0.05) is 0 Å². The molecule has 0 N–H and O–H groups in total. The van der Waals surface area contributed by atoms with Crippen molar-refractivity contribution in [2.75, 3.05) is 14.2 Å². The van der Waals surface area contributed by atoms with E-state index in [4.69, 9.17) is 0 Å². The monoisotopic (exact) mass is 122 g/mol. The highest BCUT2D eigenvalue weighted by atomic mass is 16.9. The Labute approximate surface area is 46.4 Å². The smallest absolute Gasteiger partial charge is 0.417 e. The third kappa shape index (κ3) is 1.59. The van der Waals surface area contributed by atoms with E-state index < -0.39 is 11.9 Å². The molecule has 4 nitrogen and oxygen atoms in total. The summed E-state index contributed by atoms with van der Waals surface area (Å²) < 4.78 is 7.98. The van der Waals surface area contributed by atoms with E-state index >= 15 is 0 Å². The van der Waals surface area contributed by atoms with Gasteiger partial charge in [-0.25, -0.2) is 9.59 Å². The van der Waals surface area contributed by atoms with Crippen LogP contribution in [0.15, 0.2) is 0 Å². The molecule has 0 radical (unpaired) electrons. The Morgan fingerprint density at radius 1 is 1.00 bits per heavy atom. The van der Waals surface area contributed by atoms with Crippen LogP contribution in [0, 0.1) is 0 Å². The average Bonchev–Trinajstić information content (AvgIpc) is 1.84. The number of carbonyl (C=O) groups is 2. The number of ether oxygens (including phenoxy) is 2. The second-order valence-electron chi connectivity index (χ2n) is 0.983. The fourth-order valence-corrected chi connectivity index (χ4v) is 0.167. The van der Waals surface area contributed by atoms with Gasteiger partial charge in [0.2, 0.25) is 0 Å². The molecular formula is C4H6O4. The molecule has 0 aromatic carbocycles. The number of hydrogen-bond donors (Lipinski definition) is 0. The van der Waals surface area contributed by atoms with E-state index in [0.717, 1.165) is 14.2 Å². The van der Waals surface area contributed by atoms with Crippen LogP contribution in [-0.4, -0.2) is 26.2 Å². The predicted octanol–water partition coefficient (Wildman–Crippen LogP) is -0.668. The van der Waals surface area contributed by atoms with Gasteiger partial charge in [0.15, 0.2) is 0 Å². The highest BCUT2D eigenvalue weighted by Gasteiger charge is 2.11. The molecule has 0 aliphatic rings. The first-order valence-electron chi connectivity index (χ1n) is 1.88. The zero-order chi connectivity index (χ0) is 6.57. The fraction of sp³-hybridized carbons (Fsp3) is 0.500. The molecule has 0 aliphatic heterocycles. The molecule has 0 aliphatic carbocycles. The second kappa shape index (κ2) is 3.01. The first-order chi connectivity index (χ1) is 3.72. The highest BCUT2D eigenvalue weighted by Crippen LogP contribution is 1.75. The molecule has 4 heteroatoms. The number of esters is 2. The molecule has 0 aromatic heterocycles. The summed E-state index contributed by atoms with van der Waals surface area (Å²) in [5.41, 5.74) is 0. The highest BCUT2D eigenvalue weighted by molar-refractivity contribution is 6.29. The third-order valence-electron chi connectivity index (χ3n) is 0.537. The molecule has 0 bridgehead atoms. The van der Waals surface area contributed by atoms with Crippen molar-refractivity contribution in [3.63, 3.8) is 0 Å². The van der Waals surface area contributed by atoms with Gasteiger partial charge in [-0.05, 0) is 0 Å². The van der Waals surface area contributed by atoms with Gasteiger partial charge in [0.25, 0.3) is 0 Å². The van der Waals surface area contributed by atoms with Crippen LogP contribution in [0.2, 0.25) is 0 Å². The Bertz CT molecular complexity index is 92.6. The Kier molecular flexibility index (Phi) is 2.61. The number of rotatable bonds is 0. The van der Waals surface area contributed by atoms with E-state index in [2.05, 4.69) is 9.47 Å². The minimum atomic E-state index is -0.979. The summed E-state index contributed by atoms with van der Waals surface area (Å²) in [5, 5.41) is 0. The molecule has 46 valence electrons. The summed E-state index contributed by atoms with van der Waals surface area (Å²) >= 11 is 0. The molecule has 0 fully saturated rings. The Morgan fingerprint density at radius 2 is 1.25 bits per heavy atom. The van der Waals surface area contributed by atoms with Gasteiger partial charge in [-0.2, -0.15) is 0 Å². The summed E-state index contributed by atoms with van der Waals surface area (Å²) in [7, 11) is 2.22. The van der Waals surface area contributed by atoms with Gasteiger partial charge in [-0.1, -0.05) is 0 Å². The third-order valence-corrected chi connectivity index (χ3v) is 0.537. The van der Waals surface area contributed by atoms with Crippen LogP contribution in [0.1, 0.15) is 0 Å². The quantitative estimate of drug-likeness (QED) is 0.316. The van der Waals surface area contributed by atoms with Crippen LogP contribution in [0.3, 0.4) is 0 Å². The summed E-state index contributed by atoms with van der Waals surface area (Å²) in [6.07, 6.45) is 0. The first kappa shape index (κ1) is 6.94. The second-order valence-corrected chi connectivity index (χ2v) is 0.983. The van der Waals surface area contributed by atoms with Gasteiger partial charge >= 0.3 is 11.9 Å². The lowest BCUT2D eigenvalue weighted by Gasteiger charge is -1.92. The van der Waals surface area contributed by atoms with Crippen molar-refractivity contribution in [1.82, 2.24) is 0 Å². The van der Waals surface area contributed by atoms with Crippen molar-refractivity contribution in [3.05, 3.63) is 0 Å². The average molecular weight is 122 g/mol. The maximum Gasteiger partial charge on any atom is 0.417 e. The summed E-state index contributed by atoms with van der Waals surface area (Å²) in [6, 6.07) is 0. The van der Waals surface area contributed by atoms with E-state index in [-0.39, 0.29) is 0 Å². The molecule has 0 spiro atoms. The minimum absolute atomic E-state index is 0.979. The Hall–Kier alpha value is -1.06. The zero-order valence-corrected chi connectivity index (χ0v) is 4.63. The van der Waals surface area contributed by atoms with E-state index in [0.29, 0.717) is 0 Å². The zero-order valence-electron chi connectivity index (χ0n) is 4.63. The lowest BCUT2D eigenvalue weighted by Crippen LogP contribution is -2.16. The number of carbonyl (C=O) groups excluding carboxylic acids is 2. The number of methoxy groups -OCH3 is 2. The first-order valence-corrected chi connectivity index (χ1v) is 1.88. The van der Waals surface area contributed by atoms with Crippen LogP contribution >= 0.6 is 0 Å². The predicted molar refractivity (Wildman–Crippen MR) is 24.0 cm³/mol. The molecule has 0 saturated heterocycles. The SMILES string of the molecule is CO[14C](=O)[14C](=O)OC. The standard InChI is InChI=1S/C4H6O4/c1-7-3(5)4(6)8-2/h1-2H3/i3+2,4+2. The molecule has 0 rings (SSSR count). The molecule has 0 heterocycles. The largest absolute Gasteiger partial charge is 0.461 e. The van der Waals surface area contributed by atoms with Crippen LogP contribution in [0.5, 0.6) is 0 Å². The van der Waals surface area contributed by atoms with E-state index in [1.165, 1.54) is 0 Å². The molecule has 0 atom stereocenters. The van der Waals surface area contributed by atoms with Crippen molar-refractivity contribution in [2.45, 2.75) is 0 Å². The van der Waals surface area contributed by atoms with E-state index in [1.807, 2.05) is 0 Å². The van der Waals surface area contributed by atoms with E-state index in [9.17, 15) is 9.59 Å². The lowest BCUT2D eigenvalue weighted by molar-refractivity contribution is -0.164. The maximum atomic E-state index is 10.0. The van der Waals surface area contributed by atoms with Crippen molar-refractivity contribution < 1.29 is 19.1 Å². The summed E-state index contributed by atoms with van der Waals surface area (Å²) in [5.74, 6) is -1.96. The van der Waals surface area contributed by atoms with Crippen LogP contribution in [0.25, 0.3) is 0 Å². The normalized spacial score (nSPS) is 7.75. The molecule has 0 unspecified atom stereocenters. The summed E-state index contributed by atoms with van der Waals surface area (Å²) in [6.45, 7) is 0. The Morgan fingerprint density at radius 3 is 1.38 bits per heavy atom. The van der Waals surface area contributed by atoms with Gasteiger partial charge in [-0.15, -0.1) is 0 Å². The van der Waals surface area contributed by atoms with Gasteiger partial charge in [0.05, 0.1) is 14.2 Å². The number of hydrogen-bond acceptors (Lipinski definition) is 4. The lowest BCUT2D eigenvalue weighted by atomic mass is 11.7. The topological polar surface area (TPSA) is 52.6 Å². The van der Waals surface area contributed by atoms with Crippen molar-refractivity contribution >= 4 is 11.9 Å². The molecular weight excluding hydrogens is 116 g/mol. The summed E-state index contributed by atoms with van der Waals surface area (Å²) in [4.78, 5) is 20.1. The molecule has 0 saturated carbocycles. The van der Waals surface area contributed by atoms with Crippen molar-refractivity contribution in [1.29, 1.82) is 0 Å². The molecule has 0 aromatic rings. The minimum Gasteiger partial charge on any atom is -0.461 e. The van der Waals surface area contributed by atoms with Gasteiger partial charge < -0.3 is 9.47 Å².